The van der Waals surface area contributed by atoms with Crippen LogP contribution < -0.4 is 10.1 Å². The number of carbonyl (C=O) groups is 2. The van der Waals surface area contributed by atoms with Gasteiger partial charge in [0.25, 0.3) is 5.91 Å². The van der Waals surface area contributed by atoms with Crippen LogP contribution in [0, 0.1) is 0 Å². The number of rotatable bonds is 6. The Morgan fingerprint density at radius 2 is 1.81 bits per heavy atom. The van der Waals surface area contributed by atoms with Gasteiger partial charge in [0, 0.05) is 11.8 Å². The summed E-state index contributed by atoms with van der Waals surface area (Å²) in [6.45, 7) is 0.384. The summed E-state index contributed by atoms with van der Waals surface area (Å²) in [6.07, 6.45) is 1.42. The molecule has 6 heteroatoms. The summed E-state index contributed by atoms with van der Waals surface area (Å²) in [4.78, 5) is 27.5. The van der Waals surface area contributed by atoms with Crippen LogP contribution in [0.3, 0.4) is 0 Å². The molecule has 0 saturated carbocycles. The van der Waals surface area contributed by atoms with Crippen molar-refractivity contribution in [1.29, 1.82) is 0 Å². The van der Waals surface area contributed by atoms with Gasteiger partial charge in [-0.1, -0.05) is 36.4 Å². The average molecular weight is 348 g/mol. The average Bonchev–Trinajstić information content (AvgIpc) is 2.67. The van der Waals surface area contributed by atoms with Gasteiger partial charge in [-0.25, -0.2) is 9.78 Å². The number of aromatic nitrogens is 1. The van der Waals surface area contributed by atoms with Crippen LogP contribution in [0.15, 0.2) is 72.9 Å². The number of amides is 1. The van der Waals surface area contributed by atoms with E-state index in [1.165, 1.54) is 18.3 Å². The fraction of sp³-hybridized carbons (Fsp3) is 0.0500. The third kappa shape index (κ3) is 4.24. The van der Waals surface area contributed by atoms with Gasteiger partial charge in [0.1, 0.15) is 23.7 Å². The molecule has 26 heavy (non-hydrogen) atoms. The Morgan fingerprint density at radius 3 is 2.58 bits per heavy atom. The molecule has 1 amide bonds. The number of hydrogen-bond acceptors (Lipinski definition) is 4. The summed E-state index contributed by atoms with van der Waals surface area (Å²) in [7, 11) is 0. The standard InChI is InChI=1S/C20H16N2O4/c23-19(22-18-17(20(24)25)10-5-11-21-18)15-8-4-9-16(12-15)26-13-14-6-2-1-3-7-14/h1-12H,13H2,(H,24,25)(H,21,22,23). The molecule has 6 nitrogen and oxygen atoms in total. The molecule has 1 aromatic heterocycles. The van der Waals surface area contributed by atoms with Crippen molar-refractivity contribution in [3.63, 3.8) is 0 Å². The quantitative estimate of drug-likeness (QED) is 0.710. The molecule has 2 aromatic carbocycles. The Morgan fingerprint density at radius 1 is 1.00 bits per heavy atom. The van der Waals surface area contributed by atoms with E-state index in [9.17, 15) is 9.59 Å². The van der Waals surface area contributed by atoms with E-state index in [2.05, 4.69) is 10.3 Å². The number of nitrogens with zero attached hydrogens (tertiary/aromatic N) is 1. The van der Waals surface area contributed by atoms with Gasteiger partial charge in [-0.05, 0) is 35.9 Å². The number of aromatic carboxylic acids is 1. The second-order valence-electron chi connectivity index (χ2n) is 5.46. The summed E-state index contributed by atoms with van der Waals surface area (Å²) < 4.78 is 5.71. The summed E-state index contributed by atoms with van der Waals surface area (Å²) >= 11 is 0. The molecular weight excluding hydrogens is 332 g/mol. The van der Waals surface area contributed by atoms with E-state index in [0.29, 0.717) is 17.9 Å². The van der Waals surface area contributed by atoms with Crippen molar-refractivity contribution < 1.29 is 19.4 Å². The van der Waals surface area contributed by atoms with Gasteiger partial charge < -0.3 is 15.2 Å². The Bertz CT molecular complexity index is 926. The van der Waals surface area contributed by atoms with Crippen LogP contribution in [0.25, 0.3) is 0 Å². The Labute approximate surface area is 150 Å². The van der Waals surface area contributed by atoms with E-state index in [1.54, 1.807) is 24.3 Å². The number of carboxylic acids is 1. The number of nitrogens with one attached hydrogen (secondary N) is 1. The lowest BCUT2D eigenvalue weighted by Crippen LogP contribution is -2.16. The molecule has 0 aliphatic carbocycles. The lowest BCUT2D eigenvalue weighted by molar-refractivity contribution is 0.0697. The zero-order valence-corrected chi connectivity index (χ0v) is 13.8. The highest BCUT2D eigenvalue weighted by atomic mass is 16.5. The third-order valence-corrected chi connectivity index (χ3v) is 3.61. The molecule has 0 bridgehead atoms. The summed E-state index contributed by atoms with van der Waals surface area (Å²) in [5.74, 6) is -1.08. The normalized spacial score (nSPS) is 10.2. The first-order chi connectivity index (χ1) is 12.6. The molecule has 0 aliphatic heterocycles. The first kappa shape index (κ1) is 17.2. The maximum Gasteiger partial charge on any atom is 0.339 e. The monoisotopic (exact) mass is 348 g/mol. The van der Waals surface area contributed by atoms with Crippen molar-refractivity contribution >= 4 is 17.7 Å². The first-order valence-electron chi connectivity index (χ1n) is 7.90. The molecule has 3 rings (SSSR count). The zero-order valence-electron chi connectivity index (χ0n) is 13.8. The molecule has 2 N–H and O–H groups in total. The molecule has 130 valence electrons. The van der Waals surface area contributed by atoms with Gasteiger partial charge in [-0.3, -0.25) is 4.79 Å². The highest BCUT2D eigenvalue weighted by Crippen LogP contribution is 2.18. The molecule has 1 heterocycles. The number of hydrogen-bond donors (Lipinski definition) is 2. The van der Waals surface area contributed by atoms with Crippen LogP contribution in [0.2, 0.25) is 0 Å². The SMILES string of the molecule is O=C(Nc1ncccc1C(=O)O)c1cccc(OCc2ccccc2)c1. The molecule has 0 spiro atoms. The number of anilines is 1. The number of pyridine rings is 1. The number of benzene rings is 2. The smallest absolute Gasteiger partial charge is 0.339 e. The topological polar surface area (TPSA) is 88.5 Å². The molecule has 0 saturated heterocycles. The first-order valence-corrected chi connectivity index (χ1v) is 7.90. The van der Waals surface area contributed by atoms with Crippen molar-refractivity contribution in [2.45, 2.75) is 6.61 Å². The van der Waals surface area contributed by atoms with Crippen molar-refractivity contribution in [3.05, 3.63) is 89.6 Å². The fourth-order valence-corrected chi connectivity index (χ4v) is 2.33. The summed E-state index contributed by atoms with van der Waals surface area (Å²) in [5, 5.41) is 11.7. The predicted molar refractivity (Wildman–Crippen MR) is 96.4 cm³/mol. The number of carboxylic acid groups (broad SMARTS) is 1. The molecular formula is C20H16N2O4. The molecule has 0 atom stereocenters. The van der Waals surface area contributed by atoms with E-state index in [-0.39, 0.29) is 11.4 Å². The largest absolute Gasteiger partial charge is 0.489 e. The minimum absolute atomic E-state index is 0.000562. The van der Waals surface area contributed by atoms with E-state index >= 15 is 0 Å². The van der Waals surface area contributed by atoms with Crippen LogP contribution in [-0.2, 0) is 6.61 Å². The van der Waals surface area contributed by atoms with Gasteiger partial charge in [0.2, 0.25) is 0 Å². The maximum atomic E-state index is 12.4. The molecule has 0 aliphatic rings. The molecule has 0 unspecified atom stereocenters. The molecule has 0 radical (unpaired) electrons. The van der Waals surface area contributed by atoms with Gasteiger partial charge in [-0.2, -0.15) is 0 Å². The van der Waals surface area contributed by atoms with Crippen LogP contribution in [0.4, 0.5) is 5.82 Å². The van der Waals surface area contributed by atoms with E-state index in [1.807, 2.05) is 30.3 Å². The minimum Gasteiger partial charge on any atom is -0.489 e. The van der Waals surface area contributed by atoms with Gasteiger partial charge >= 0.3 is 5.97 Å². The highest BCUT2D eigenvalue weighted by Gasteiger charge is 2.14. The predicted octanol–water partition coefficient (Wildman–Crippen LogP) is 3.61. The Hall–Kier alpha value is -3.67. The summed E-state index contributed by atoms with van der Waals surface area (Å²) in [5.41, 5.74) is 1.29. The van der Waals surface area contributed by atoms with Crippen molar-refractivity contribution in [2.24, 2.45) is 0 Å². The Kier molecular flexibility index (Phi) is 5.24. The van der Waals surface area contributed by atoms with Crippen molar-refractivity contribution in [2.75, 3.05) is 5.32 Å². The lowest BCUT2D eigenvalue weighted by atomic mass is 10.2. The minimum atomic E-state index is -1.16. The number of ether oxygens (including phenoxy) is 1. The van der Waals surface area contributed by atoms with Crippen LogP contribution >= 0.6 is 0 Å². The second-order valence-corrected chi connectivity index (χ2v) is 5.46. The fourth-order valence-electron chi connectivity index (χ4n) is 2.33. The van der Waals surface area contributed by atoms with Crippen molar-refractivity contribution in [3.8, 4) is 5.75 Å². The molecule has 3 aromatic rings. The third-order valence-electron chi connectivity index (χ3n) is 3.61. The highest BCUT2D eigenvalue weighted by molar-refractivity contribution is 6.07. The van der Waals surface area contributed by atoms with Crippen molar-refractivity contribution in [1.82, 2.24) is 4.98 Å². The van der Waals surface area contributed by atoms with Gasteiger partial charge in [-0.15, -0.1) is 0 Å². The zero-order chi connectivity index (χ0) is 18.4. The lowest BCUT2D eigenvalue weighted by Gasteiger charge is -2.09. The second kappa shape index (κ2) is 7.94. The van der Waals surface area contributed by atoms with Crippen LogP contribution in [-0.4, -0.2) is 22.0 Å². The van der Waals surface area contributed by atoms with Crippen LogP contribution in [0.5, 0.6) is 5.75 Å². The maximum absolute atomic E-state index is 12.4. The van der Waals surface area contributed by atoms with E-state index < -0.39 is 11.9 Å². The number of carbonyl (C=O) groups excluding carboxylic acids is 1. The summed E-state index contributed by atoms with van der Waals surface area (Å²) in [6, 6.07) is 19.2. The molecule has 0 fully saturated rings. The van der Waals surface area contributed by atoms with E-state index in [0.717, 1.165) is 5.56 Å². The van der Waals surface area contributed by atoms with Crippen LogP contribution in [0.1, 0.15) is 26.3 Å². The van der Waals surface area contributed by atoms with Gasteiger partial charge in [0.15, 0.2) is 0 Å². The van der Waals surface area contributed by atoms with E-state index in [4.69, 9.17) is 9.84 Å². The van der Waals surface area contributed by atoms with Gasteiger partial charge in [0.05, 0.1) is 0 Å². The Balaban J connectivity index is 1.71.